The topological polar surface area (TPSA) is 3.24 Å². The maximum Gasteiger partial charge on any atom is 0.00385 e. The van der Waals surface area contributed by atoms with Crippen LogP contribution in [-0.4, -0.2) is 24.0 Å². The van der Waals surface area contributed by atoms with Crippen LogP contribution in [0.3, 0.4) is 0 Å². The van der Waals surface area contributed by atoms with Crippen molar-refractivity contribution in [3.63, 3.8) is 0 Å². The minimum Gasteiger partial charge on any atom is -0.301 e. The molecule has 100 valence electrons. The van der Waals surface area contributed by atoms with Crippen LogP contribution in [0.2, 0.25) is 0 Å². The molecule has 0 aromatic carbocycles. The van der Waals surface area contributed by atoms with Crippen LogP contribution in [-0.2, 0) is 0 Å². The maximum atomic E-state index is 2.64. The monoisotopic (exact) mass is 237 g/mol. The standard InChI is InChI=1S/C16H31N/c1-6-8-16(9-7-14(2)3)10-12-17(13-11-16)15(4)5/h7,15H,6,8-13H2,1-5H3. The molecule has 0 unspecified atom stereocenters. The van der Waals surface area contributed by atoms with Crippen molar-refractivity contribution in [2.45, 2.75) is 72.8 Å². The summed E-state index contributed by atoms with van der Waals surface area (Å²) >= 11 is 0. The summed E-state index contributed by atoms with van der Waals surface area (Å²) in [6, 6.07) is 0.720. The van der Waals surface area contributed by atoms with Crippen LogP contribution in [0.15, 0.2) is 11.6 Å². The number of hydrogen-bond donors (Lipinski definition) is 0. The van der Waals surface area contributed by atoms with Crippen LogP contribution < -0.4 is 0 Å². The second kappa shape index (κ2) is 6.58. The summed E-state index contributed by atoms with van der Waals surface area (Å²) in [7, 11) is 0. The molecule has 1 heterocycles. The minimum atomic E-state index is 0.609. The Labute approximate surface area is 108 Å². The Balaban J connectivity index is 2.59. The molecule has 1 saturated heterocycles. The van der Waals surface area contributed by atoms with Crippen LogP contribution in [0.1, 0.15) is 66.7 Å². The van der Waals surface area contributed by atoms with Crippen molar-refractivity contribution in [1.29, 1.82) is 0 Å². The minimum absolute atomic E-state index is 0.609. The fourth-order valence-corrected chi connectivity index (χ4v) is 3.02. The number of piperidine rings is 1. The summed E-state index contributed by atoms with van der Waals surface area (Å²) < 4.78 is 0. The van der Waals surface area contributed by atoms with Crippen molar-refractivity contribution >= 4 is 0 Å². The van der Waals surface area contributed by atoms with E-state index in [2.05, 4.69) is 45.6 Å². The fraction of sp³-hybridized carbons (Fsp3) is 0.875. The largest absolute Gasteiger partial charge is 0.301 e. The molecule has 1 rings (SSSR count). The van der Waals surface area contributed by atoms with Crippen molar-refractivity contribution in [3.8, 4) is 0 Å². The first kappa shape index (κ1) is 14.8. The number of likely N-dealkylation sites (tertiary alicyclic amines) is 1. The summed E-state index contributed by atoms with van der Waals surface area (Å²) in [5.41, 5.74) is 2.09. The summed E-state index contributed by atoms with van der Waals surface area (Å²) in [5.74, 6) is 0. The summed E-state index contributed by atoms with van der Waals surface area (Å²) in [6.07, 6.45) is 9.28. The van der Waals surface area contributed by atoms with Gasteiger partial charge in [0.2, 0.25) is 0 Å². The maximum absolute atomic E-state index is 2.64. The van der Waals surface area contributed by atoms with Crippen LogP contribution in [0.25, 0.3) is 0 Å². The Kier molecular flexibility index (Phi) is 5.72. The molecule has 0 bridgehead atoms. The van der Waals surface area contributed by atoms with Gasteiger partial charge in [0.15, 0.2) is 0 Å². The zero-order chi connectivity index (χ0) is 12.9. The molecule has 1 fully saturated rings. The zero-order valence-electron chi connectivity index (χ0n) is 12.6. The number of allylic oxidation sites excluding steroid dienone is 2. The molecule has 0 aromatic heterocycles. The van der Waals surface area contributed by atoms with Gasteiger partial charge in [0.25, 0.3) is 0 Å². The SMILES string of the molecule is CCCC1(CC=C(C)C)CCN(C(C)C)CC1. The predicted octanol–water partition coefficient (Wildman–Crippen LogP) is 4.63. The summed E-state index contributed by atoms with van der Waals surface area (Å²) in [5, 5.41) is 0. The molecule has 17 heavy (non-hydrogen) atoms. The fourth-order valence-electron chi connectivity index (χ4n) is 3.02. The summed E-state index contributed by atoms with van der Waals surface area (Å²) in [4.78, 5) is 2.64. The summed E-state index contributed by atoms with van der Waals surface area (Å²) in [6.45, 7) is 14.0. The van der Waals surface area contributed by atoms with E-state index in [1.54, 1.807) is 0 Å². The van der Waals surface area contributed by atoms with Gasteiger partial charge in [-0.15, -0.1) is 0 Å². The van der Waals surface area contributed by atoms with E-state index in [1.165, 1.54) is 50.8 Å². The highest BCUT2D eigenvalue weighted by Gasteiger charge is 2.33. The van der Waals surface area contributed by atoms with E-state index in [-0.39, 0.29) is 0 Å². The number of nitrogens with zero attached hydrogens (tertiary/aromatic N) is 1. The Hall–Kier alpha value is -0.300. The van der Waals surface area contributed by atoms with E-state index in [0.29, 0.717) is 5.41 Å². The third-order valence-electron chi connectivity index (χ3n) is 4.31. The average molecular weight is 237 g/mol. The normalized spacial score (nSPS) is 20.6. The molecule has 0 atom stereocenters. The van der Waals surface area contributed by atoms with E-state index in [1.807, 2.05) is 0 Å². The first-order valence-electron chi connectivity index (χ1n) is 7.36. The quantitative estimate of drug-likeness (QED) is 0.630. The van der Waals surface area contributed by atoms with E-state index in [4.69, 9.17) is 0 Å². The Bertz CT molecular complexity index is 240. The molecule has 0 spiro atoms. The lowest BCUT2D eigenvalue weighted by molar-refractivity contribution is 0.0768. The van der Waals surface area contributed by atoms with Crippen LogP contribution in [0, 0.1) is 5.41 Å². The van der Waals surface area contributed by atoms with Gasteiger partial charge in [-0.2, -0.15) is 0 Å². The lowest BCUT2D eigenvalue weighted by Gasteiger charge is -2.43. The molecule has 1 aliphatic heterocycles. The van der Waals surface area contributed by atoms with E-state index in [9.17, 15) is 0 Å². The lowest BCUT2D eigenvalue weighted by atomic mass is 9.72. The van der Waals surface area contributed by atoms with Gasteiger partial charge in [0, 0.05) is 6.04 Å². The Morgan fingerprint density at radius 3 is 2.24 bits per heavy atom. The van der Waals surface area contributed by atoms with Gasteiger partial charge < -0.3 is 4.90 Å². The zero-order valence-corrected chi connectivity index (χ0v) is 12.6. The molecular formula is C16H31N. The van der Waals surface area contributed by atoms with Gasteiger partial charge in [0.05, 0.1) is 0 Å². The van der Waals surface area contributed by atoms with E-state index < -0.39 is 0 Å². The first-order chi connectivity index (χ1) is 7.99. The molecule has 1 heteroatoms. The highest BCUT2D eigenvalue weighted by atomic mass is 15.2. The Morgan fingerprint density at radius 2 is 1.82 bits per heavy atom. The smallest absolute Gasteiger partial charge is 0.00385 e. The van der Waals surface area contributed by atoms with Crippen molar-refractivity contribution in [2.24, 2.45) is 5.41 Å². The van der Waals surface area contributed by atoms with Gasteiger partial charge in [-0.3, -0.25) is 0 Å². The molecule has 0 aliphatic carbocycles. The number of rotatable bonds is 5. The van der Waals surface area contributed by atoms with Gasteiger partial charge in [-0.1, -0.05) is 25.0 Å². The average Bonchev–Trinajstić information content (AvgIpc) is 2.28. The van der Waals surface area contributed by atoms with Gasteiger partial charge in [0.1, 0.15) is 0 Å². The molecule has 1 aliphatic rings. The second-order valence-corrected chi connectivity index (χ2v) is 6.37. The molecule has 0 saturated carbocycles. The van der Waals surface area contributed by atoms with Crippen molar-refractivity contribution < 1.29 is 0 Å². The molecule has 0 aromatic rings. The van der Waals surface area contributed by atoms with Crippen molar-refractivity contribution in [1.82, 2.24) is 4.90 Å². The lowest BCUT2D eigenvalue weighted by Crippen LogP contribution is -2.43. The second-order valence-electron chi connectivity index (χ2n) is 6.37. The third kappa shape index (κ3) is 4.46. The molecule has 0 N–H and O–H groups in total. The van der Waals surface area contributed by atoms with Gasteiger partial charge >= 0.3 is 0 Å². The first-order valence-corrected chi connectivity index (χ1v) is 7.36. The molecule has 0 radical (unpaired) electrons. The number of hydrogen-bond acceptors (Lipinski definition) is 1. The van der Waals surface area contributed by atoms with Crippen LogP contribution in [0.5, 0.6) is 0 Å². The van der Waals surface area contributed by atoms with Crippen LogP contribution in [0.4, 0.5) is 0 Å². The molecule has 1 nitrogen and oxygen atoms in total. The Morgan fingerprint density at radius 1 is 1.24 bits per heavy atom. The third-order valence-corrected chi connectivity index (χ3v) is 4.31. The van der Waals surface area contributed by atoms with Crippen molar-refractivity contribution in [3.05, 3.63) is 11.6 Å². The molecule has 0 amide bonds. The predicted molar refractivity (Wildman–Crippen MR) is 77.3 cm³/mol. The van der Waals surface area contributed by atoms with E-state index in [0.717, 1.165) is 6.04 Å². The van der Waals surface area contributed by atoms with E-state index >= 15 is 0 Å². The van der Waals surface area contributed by atoms with Crippen LogP contribution >= 0.6 is 0 Å². The highest BCUT2D eigenvalue weighted by Crippen LogP contribution is 2.40. The molecular weight excluding hydrogens is 206 g/mol. The van der Waals surface area contributed by atoms with Gasteiger partial charge in [-0.05, 0) is 71.9 Å². The van der Waals surface area contributed by atoms with Gasteiger partial charge in [-0.25, -0.2) is 0 Å². The highest BCUT2D eigenvalue weighted by molar-refractivity contribution is 4.99. The van der Waals surface area contributed by atoms with Crippen molar-refractivity contribution in [2.75, 3.05) is 13.1 Å².